The highest BCUT2D eigenvalue weighted by molar-refractivity contribution is 6.35. The number of amides is 1. The number of hydrogen-bond donors (Lipinski definition) is 1. The van der Waals surface area contributed by atoms with Crippen LogP contribution in [-0.4, -0.2) is 30.4 Å². The van der Waals surface area contributed by atoms with E-state index in [2.05, 4.69) is 15.5 Å². The Bertz CT molecular complexity index is 977. The number of halogens is 2. The molecule has 0 unspecified atom stereocenters. The smallest absolute Gasteiger partial charge is 0.303 e. The van der Waals surface area contributed by atoms with Gasteiger partial charge in [0, 0.05) is 34.9 Å². The summed E-state index contributed by atoms with van der Waals surface area (Å²) < 4.78 is 2.74. The molecule has 1 amide bonds. The Balaban J connectivity index is 1.77. The molecule has 0 radical (unpaired) electrons. The molecular weight excluding hydrogens is 383 g/mol. The SMILES string of the molecule is Cn1cc([N+](=O)[O-])c(C(=O)Nc2ccn(Cc3c(Cl)cccc3Cl)n2)n1. The average Bonchev–Trinajstić information content (AvgIpc) is 3.17. The standard InChI is InChI=1S/C15H12Cl2N6O3/c1-21-8-12(23(25)26)14(20-21)15(24)18-13-5-6-22(19-13)7-9-10(16)3-2-4-11(9)17/h2-6,8H,7H2,1H3,(H,18,19,24). The van der Waals surface area contributed by atoms with E-state index < -0.39 is 10.8 Å². The van der Waals surface area contributed by atoms with Crippen molar-refractivity contribution in [2.75, 3.05) is 5.32 Å². The highest BCUT2D eigenvalue weighted by atomic mass is 35.5. The number of aromatic nitrogens is 4. The third-order valence-electron chi connectivity index (χ3n) is 3.49. The van der Waals surface area contributed by atoms with Crippen LogP contribution in [0, 0.1) is 10.1 Å². The summed E-state index contributed by atoms with van der Waals surface area (Å²) in [4.78, 5) is 22.6. The third-order valence-corrected chi connectivity index (χ3v) is 4.19. The second kappa shape index (κ2) is 7.14. The molecule has 0 saturated carbocycles. The molecule has 2 aromatic heterocycles. The van der Waals surface area contributed by atoms with Crippen molar-refractivity contribution in [2.45, 2.75) is 6.54 Å². The summed E-state index contributed by atoms with van der Waals surface area (Å²) in [5, 5.41) is 22.5. The molecule has 0 aliphatic rings. The van der Waals surface area contributed by atoms with Crippen molar-refractivity contribution in [1.82, 2.24) is 19.6 Å². The van der Waals surface area contributed by atoms with Gasteiger partial charge in [-0.25, -0.2) is 0 Å². The first-order valence-corrected chi connectivity index (χ1v) is 8.06. The van der Waals surface area contributed by atoms with Crippen LogP contribution in [0.15, 0.2) is 36.7 Å². The van der Waals surface area contributed by atoms with E-state index in [1.807, 2.05) is 0 Å². The zero-order valence-corrected chi connectivity index (χ0v) is 14.9. The molecule has 9 nitrogen and oxygen atoms in total. The van der Waals surface area contributed by atoms with Crippen LogP contribution in [0.5, 0.6) is 0 Å². The number of rotatable bonds is 5. The molecule has 0 saturated heterocycles. The normalized spacial score (nSPS) is 10.7. The van der Waals surface area contributed by atoms with E-state index in [1.165, 1.54) is 16.4 Å². The van der Waals surface area contributed by atoms with Gasteiger partial charge in [0.05, 0.1) is 11.5 Å². The predicted molar refractivity (Wildman–Crippen MR) is 95.6 cm³/mol. The highest BCUT2D eigenvalue weighted by Gasteiger charge is 2.25. The molecule has 3 rings (SSSR count). The minimum absolute atomic E-state index is 0.220. The number of nitrogens with zero attached hydrogens (tertiary/aromatic N) is 5. The van der Waals surface area contributed by atoms with Crippen molar-refractivity contribution in [1.29, 1.82) is 0 Å². The molecule has 2 heterocycles. The fourth-order valence-electron chi connectivity index (χ4n) is 2.31. The van der Waals surface area contributed by atoms with Crippen molar-refractivity contribution >= 4 is 40.6 Å². The third kappa shape index (κ3) is 3.68. The van der Waals surface area contributed by atoms with E-state index in [0.29, 0.717) is 22.2 Å². The van der Waals surface area contributed by atoms with Gasteiger partial charge in [0.15, 0.2) is 5.82 Å². The number of benzene rings is 1. The van der Waals surface area contributed by atoms with Gasteiger partial charge in [-0.3, -0.25) is 24.3 Å². The number of nitrogens with one attached hydrogen (secondary N) is 1. The summed E-state index contributed by atoms with van der Waals surface area (Å²) >= 11 is 12.3. The van der Waals surface area contributed by atoms with E-state index in [-0.39, 0.29) is 17.2 Å². The van der Waals surface area contributed by atoms with Crippen molar-refractivity contribution < 1.29 is 9.72 Å². The Morgan fingerprint density at radius 2 is 1.96 bits per heavy atom. The van der Waals surface area contributed by atoms with E-state index in [0.717, 1.165) is 6.20 Å². The molecule has 0 fully saturated rings. The maximum Gasteiger partial charge on any atom is 0.320 e. The molecule has 0 bridgehead atoms. The van der Waals surface area contributed by atoms with Gasteiger partial charge in [-0.05, 0) is 12.1 Å². The lowest BCUT2D eigenvalue weighted by molar-refractivity contribution is -0.385. The van der Waals surface area contributed by atoms with Crippen LogP contribution in [0.25, 0.3) is 0 Å². The van der Waals surface area contributed by atoms with E-state index in [4.69, 9.17) is 23.2 Å². The molecule has 0 spiro atoms. The summed E-state index contributed by atoms with van der Waals surface area (Å²) in [5.41, 5.74) is 0.0191. The predicted octanol–water partition coefficient (Wildman–Crippen LogP) is 3.13. The first kappa shape index (κ1) is 17.9. The Morgan fingerprint density at radius 3 is 2.62 bits per heavy atom. The molecule has 11 heteroatoms. The second-order valence-corrected chi connectivity index (χ2v) is 6.16. The van der Waals surface area contributed by atoms with Crippen LogP contribution in [-0.2, 0) is 13.6 Å². The Hall–Kier alpha value is -2.91. The molecule has 1 N–H and O–H groups in total. The molecule has 0 aliphatic carbocycles. The summed E-state index contributed by atoms with van der Waals surface area (Å²) in [6.07, 6.45) is 2.79. The second-order valence-electron chi connectivity index (χ2n) is 5.35. The fourth-order valence-corrected chi connectivity index (χ4v) is 2.83. The lowest BCUT2D eigenvalue weighted by Crippen LogP contribution is -2.15. The monoisotopic (exact) mass is 394 g/mol. The zero-order chi connectivity index (χ0) is 18.8. The van der Waals surface area contributed by atoms with Crippen LogP contribution in [0.4, 0.5) is 11.5 Å². The first-order valence-electron chi connectivity index (χ1n) is 7.31. The van der Waals surface area contributed by atoms with Crippen molar-refractivity contribution in [3.05, 3.63) is 68.1 Å². The molecular formula is C15H12Cl2N6O3. The number of carbonyl (C=O) groups is 1. The van der Waals surface area contributed by atoms with Crippen molar-refractivity contribution in [2.24, 2.45) is 7.05 Å². The average molecular weight is 395 g/mol. The summed E-state index contributed by atoms with van der Waals surface area (Å²) in [6, 6.07) is 6.73. The maximum atomic E-state index is 12.2. The Morgan fingerprint density at radius 1 is 1.27 bits per heavy atom. The lowest BCUT2D eigenvalue weighted by atomic mass is 10.2. The van der Waals surface area contributed by atoms with Gasteiger partial charge < -0.3 is 5.32 Å². The largest absolute Gasteiger partial charge is 0.320 e. The van der Waals surface area contributed by atoms with Crippen LogP contribution >= 0.6 is 23.2 Å². The van der Waals surface area contributed by atoms with Gasteiger partial charge in [-0.15, -0.1) is 0 Å². The van der Waals surface area contributed by atoms with E-state index in [9.17, 15) is 14.9 Å². The molecule has 1 aromatic carbocycles. The van der Waals surface area contributed by atoms with Gasteiger partial charge in [-0.1, -0.05) is 29.3 Å². The zero-order valence-electron chi connectivity index (χ0n) is 13.4. The summed E-state index contributed by atoms with van der Waals surface area (Å²) in [6.45, 7) is 0.304. The summed E-state index contributed by atoms with van der Waals surface area (Å²) in [7, 11) is 1.49. The molecule has 134 valence electrons. The first-order chi connectivity index (χ1) is 12.3. The van der Waals surface area contributed by atoms with Gasteiger partial charge in [0.1, 0.15) is 6.20 Å². The van der Waals surface area contributed by atoms with Crippen LogP contribution in [0.1, 0.15) is 16.1 Å². The Kier molecular flexibility index (Phi) is 4.92. The van der Waals surface area contributed by atoms with Gasteiger partial charge in [0.25, 0.3) is 5.91 Å². The van der Waals surface area contributed by atoms with Crippen molar-refractivity contribution in [3.63, 3.8) is 0 Å². The van der Waals surface area contributed by atoms with E-state index in [1.54, 1.807) is 30.5 Å². The maximum absolute atomic E-state index is 12.2. The van der Waals surface area contributed by atoms with Gasteiger partial charge in [0.2, 0.25) is 5.69 Å². The van der Waals surface area contributed by atoms with Crippen LogP contribution < -0.4 is 5.32 Å². The lowest BCUT2D eigenvalue weighted by Gasteiger charge is -2.06. The number of nitro groups is 1. The number of carbonyl (C=O) groups excluding carboxylic acids is 1. The fraction of sp³-hybridized carbons (Fsp3) is 0.133. The highest BCUT2D eigenvalue weighted by Crippen LogP contribution is 2.25. The number of anilines is 1. The molecule has 26 heavy (non-hydrogen) atoms. The van der Waals surface area contributed by atoms with E-state index >= 15 is 0 Å². The minimum atomic E-state index is -0.724. The van der Waals surface area contributed by atoms with Crippen LogP contribution in [0.3, 0.4) is 0 Å². The molecule has 0 aliphatic heterocycles. The van der Waals surface area contributed by atoms with Gasteiger partial charge in [-0.2, -0.15) is 10.2 Å². The molecule has 0 atom stereocenters. The molecule has 3 aromatic rings. The number of hydrogen-bond acceptors (Lipinski definition) is 5. The topological polar surface area (TPSA) is 108 Å². The Labute approximate surface area is 157 Å². The van der Waals surface area contributed by atoms with Crippen LogP contribution in [0.2, 0.25) is 10.0 Å². The number of aryl methyl sites for hydroxylation is 1. The minimum Gasteiger partial charge on any atom is -0.303 e. The summed E-state index contributed by atoms with van der Waals surface area (Å²) in [5.74, 6) is -0.503. The van der Waals surface area contributed by atoms with Crippen molar-refractivity contribution in [3.8, 4) is 0 Å². The quantitative estimate of drug-likeness (QED) is 0.528. The van der Waals surface area contributed by atoms with Gasteiger partial charge >= 0.3 is 5.69 Å².